The fraction of sp³-hybridized carbons (Fsp3) is 0.174. The van der Waals surface area contributed by atoms with Gasteiger partial charge >= 0.3 is 12.0 Å². The molecule has 0 saturated carbocycles. The van der Waals surface area contributed by atoms with Crippen molar-refractivity contribution in [2.24, 2.45) is 0 Å². The number of allylic oxidation sites excluding steroid dienone is 1. The van der Waals surface area contributed by atoms with Gasteiger partial charge in [0.2, 0.25) is 0 Å². The van der Waals surface area contributed by atoms with Gasteiger partial charge in [-0.05, 0) is 17.3 Å². The van der Waals surface area contributed by atoms with Crippen LogP contribution in [0.15, 0.2) is 84.7 Å². The second kappa shape index (κ2) is 7.87. The van der Waals surface area contributed by atoms with E-state index in [0.29, 0.717) is 23.1 Å². The number of amides is 3. The van der Waals surface area contributed by atoms with Gasteiger partial charge in [0.05, 0.1) is 5.57 Å². The van der Waals surface area contributed by atoms with Crippen LogP contribution in [0.1, 0.15) is 17.5 Å². The van der Waals surface area contributed by atoms with Gasteiger partial charge in [0, 0.05) is 19.7 Å². The average Bonchev–Trinajstić information content (AvgIpc) is 3.04. The van der Waals surface area contributed by atoms with Crippen LogP contribution in [0.3, 0.4) is 0 Å². The van der Waals surface area contributed by atoms with E-state index >= 15 is 0 Å². The highest BCUT2D eigenvalue weighted by Crippen LogP contribution is 2.35. The summed E-state index contributed by atoms with van der Waals surface area (Å²) in [5.41, 5.74) is 0.332. The summed E-state index contributed by atoms with van der Waals surface area (Å²) >= 11 is 0. The van der Waals surface area contributed by atoms with Crippen LogP contribution in [0.4, 0.5) is 4.79 Å². The van der Waals surface area contributed by atoms with Crippen molar-refractivity contribution in [3.8, 4) is 0 Å². The minimum atomic E-state index is -1.38. The molecule has 0 unspecified atom stereocenters. The average molecular weight is 403 g/mol. The van der Waals surface area contributed by atoms with E-state index in [4.69, 9.17) is 4.74 Å². The van der Waals surface area contributed by atoms with Gasteiger partial charge in [0.15, 0.2) is 12.3 Å². The first kappa shape index (κ1) is 19.4. The smallest absolute Gasteiger partial charge is 0.337 e. The molecule has 0 atom stereocenters. The van der Waals surface area contributed by atoms with Gasteiger partial charge in [-0.3, -0.25) is 4.79 Å². The van der Waals surface area contributed by atoms with Crippen LogP contribution >= 0.6 is 0 Å². The predicted molar refractivity (Wildman–Crippen MR) is 110 cm³/mol. The Bertz CT molecular complexity index is 991. The number of carbonyl (C=O) groups excluding carboxylic acids is 3. The van der Waals surface area contributed by atoms with Crippen molar-refractivity contribution in [2.45, 2.75) is 12.0 Å². The van der Waals surface area contributed by atoms with Crippen molar-refractivity contribution in [3.63, 3.8) is 0 Å². The summed E-state index contributed by atoms with van der Waals surface area (Å²) in [6.07, 6.45) is 5.76. The minimum Gasteiger partial charge on any atom is -0.440 e. The molecule has 1 saturated heterocycles. The maximum absolute atomic E-state index is 13.5. The first-order chi connectivity index (χ1) is 14.5. The van der Waals surface area contributed by atoms with Gasteiger partial charge in [-0.1, -0.05) is 66.7 Å². The first-order valence-corrected chi connectivity index (χ1v) is 9.54. The van der Waals surface area contributed by atoms with Gasteiger partial charge < -0.3 is 15.0 Å². The molecule has 3 amide bonds. The van der Waals surface area contributed by atoms with Crippen LogP contribution in [0.2, 0.25) is 0 Å². The molecular formula is C23H21N3O4. The maximum atomic E-state index is 13.5. The zero-order valence-corrected chi connectivity index (χ0v) is 16.4. The number of rotatable bonds is 5. The van der Waals surface area contributed by atoms with Gasteiger partial charge in [-0.15, -0.1) is 0 Å². The summed E-state index contributed by atoms with van der Waals surface area (Å²) in [6, 6.07) is 17.4. The van der Waals surface area contributed by atoms with Gasteiger partial charge in [-0.2, -0.15) is 0 Å². The Morgan fingerprint density at radius 2 is 1.63 bits per heavy atom. The lowest BCUT2D eigenvalue weighted by Crippen LogP contribution is -2.45. The standard InChI is InChI=1S/C23H21N3O4/c1-25-14-8-9-17(15-25)20(27)30-16-26-21(28)23(24-22(26)29,18-10-4-2-5-11-18)19-12-6-3-7-13-19/h2-8,10-15H,9,16H2,1H3,(H,24,29). The fourth-order valence-corrected chi connectivity index (χ4v) is 3.67. The van der Waals surface area contributed by atoms with E-state index in [1.54, 1.807) is 42.4 Å². The number of esters is 1. The molecule has 0 bridgehead atoms. The molecule has 30 heavy (non-hydrogen) atoms. The van der Waals surface area contributed by atoms with E-state index in [-0.39, 0.29) is 0 Å². The summed E-state index contributed by atoms with van der Waals surface area (Å²) in [6.45, 7) is -0.463. The van der Waals surface area contributed by atoms with Crippen molar-refractivity contribution < 1.29 is 19.1 Å². The van der Waals surface area contributed by atoms with Crippen molar-refractivity contribution in [1.29, 1.82) is 0 Å². The molecule has 2 aliphatic rings. The molecule has 0 radical (unpaired) electrons. The lowest BCUT2D eigenvalue weighted by Gasteiger charge is -2.28. The third kappa shape index (κ3) is 3.34. The number of carbonyl (C=O) groups is 3. The Morgan fingerprint density at radius 3 is 2.20 bits per heavy atom. The number of hydrogen-bond acceptors (Lipinski definition) is 5. The summed E-state index contributed by atoms with van der Waals surface area (Å²) in [5.74, 6) is -1.06. The summed E-state index contributed by atoms with van der Waals surface area (Å²) in [7, 11) is 1.80. The number of nitrogens with one attached hydrogen (secondary N) is 1. The van der Waals surface area contributed by atoms with Gasteiger partial charge in [0.1, 0.15) is 0 Å². The normalized spacial score (nSPS) is 17.6. The third-order valence-corrected chi connectivity index (χ3v) is 5.14. The minimum absolute atomic E-state index is 0.432. The van der Waals surface area contributed by atoms with Crippen LogP contribution in [-0.2, 0) is 19.9 Å². The quantitative estimate of drug-likeness (QED) is 0.614. The Kier molecular flexibility index (Phi) is 5.10. The molecule has 0 spiro atoms. The SMILES string of the molecule is CN1C=CCC(C(=O)OCN2C(=O)NC(c3ccccc3)(c3ccccc3)C2=O)=C1. The Morgan fingerprint density at radius 1 is 1.03 bits per heavy atom. The van der Waals surface area contributed by atoms with Crippen LogP contribution in [-0.4, -0.2) is 41.5 Å². The van der Waals surface area contributed by atoms with Crippen molar-refractivity contribution in [3.05, 3.63) is 95.8 Å². The molecule has 0 aromatic heterocycles. The van der Waals surface area contributed by atoms with E-state index in [2.05, 4.69) is 5.32 Å². The Labute approximate surface area is 174 Å². The van der Waals surface area contributed by atoms with Gasteiger partial charge in [-0.25, -0.2) is 14.5 Å². The molecule has 2 heterocycles. The zero-order chi connectivity index (χ0) is 21.1. The lowest BCUT2D eigenvalue weighted by molar-refractivity contribution is -0.146. The number of hydrogen-bond donors (Lipinski definition) is 1. The van der Waals surface area contributed by atoms with E-state index < -0.39 is 30.2 Å². The molecule has 0 aliphatic carbocycles. The Balaban J connectivity index is 1.60. The molecule has 2 aromatic rings. The van der Waals surface area contributed by atoms with E-state index in [0.717, 1.165) is 4.90 Å². The molecule has 7 heteroatoms. The summed E-state index contributed by atoms with van der Waals surface area (Å²) in [4.78, 5) is 41.3. The maximum Gasteiger partial charge on any atom is 0.337 e. The molecule has 4 rings (SSSR count). The Hall–Kier alpha value is -3.87. The predicted octanol–water partition coefficient (Wildman–Crippen LogP) is 2.72. The van der Waals surface area contributed by atoms with Crippen LogP contribution in [0, 0.1) is 0 Å². The highest BCUT2D eigenvalue weighted by atomic mass is 16.5. The van der Waals surface area contributed by atoms with Crippen LogP contribution in [0.25, 0.3) is 0 Å². The number of urea groups is 1. The topological polar surface area (TPSA) is 79.0 Å². The number of nitrogens with zero attached hydrogens (tertiary/aromatic N) is 2. The second-order valence-electron chi connectivity index (χ2n) is 7.11. The molecule has 7 nitrogen and oxygen atoms in total. The molecule has 2 aliphatic heterocycles. The van der Waals surface area contributed by atoms with Crippen molar-refractivity contribution in [1.82, 2.24) is 15.1 Å². The molecule has 1 N–H and O–H groups in total. The van der Waals surface area contributed by atoms with E-state index in [1.807, 2.05) is 48.7 Å². The molecule has 152 valence electrons. The largest absolute Gasteiger partial charge is 0.440 e. The zero-order valence-electron chi connectivity index (χ0n) is 16.4. The molecular weight excluding hydrogens is 382 g/mol. The number of imide groups is 1. The van der Waals surface area contributed by atoms with E-state index in [9.17, 15) is 14.4 Å². The van der Waals surface area contributed by atoms with Crippen LogP contribution in [0.5, 0.6) is 0 Å². The summed E-state index contributed by atoms with van der Waals surface area (Å²) < 4.78 is 5.30. The summed E-state index contributed by atoms with van der Waals surface area (Å²) in [5, 5.41) is 2.82. The number of benzene rings is 2. The first-order valence-electron chi connectivity index (χ1n) is 9.54. The highest BCUT2D eigenvalue weighted by molar-refractivity contribution is 6.09. The highest BCUT2D eigenvalue weighted by Gasteiger charge is 2.54. The fourth-order valence-electron chi connectivity index (χ4n) is 3.67. The van der Waals surface area contributed by atoms with Crippen LogP contribution < -0.4 is 5.32 Å². The van der Waals surface area contributed by atoms with Crippen molar-refractivity contribution in [2.75, 3.05) is 13.8 Å². The third-order valence-electron chi connectivity index (χ3n) is 5.14. The lowest BCUT2D eigenvalue weighted by atomic mass is 9.83. The van der Waals surface area contributed by atoms with E-state index in [1.165, 1.54) is 0 Å². The molecule has 1 fully saturated rings. The number of ether oxygens (including phenoxy) is 1. The molecule has 2 aromatic carbocycles. The van der Waals surface area contributed by atoms with Gasteiger partial charge in [0.25, 0.3) is 5.91 Å². The monoisotopic (exact) mass is 403 g/mol. The van der Waals surface area contributed by atoms with Crippen molar-refractivity contribution >= 4 is 17.9 Å². The second-order valence-corrected chi connectivity index (χ2v) is 7.11.